The first-order valence-corrected chi connectivity index (χ1v) is 6.41. The number of ether oxygens (including phenoxy) is 1. The predicted octanol–water partition coefficient (Wildman–Crippen LogP) is 3.59. The number of carbonyl (C=O) groups is 1. The molecule has 0 heterocycles. The van der Waals surface area contributed by atoms with Gasteiger partial charge in [-0.3, -0.25) is 4.79 Å². The quantitative estimate of drug-likeness (QED) is 0.900. The summed E-state index contributed by atoms with van der Waals surface area (Å²) in [5.41, 5.74) is -0.751. The molecule has 1 aromatic rings. The Morgan fingerprint density at radius 1 is 1.30 bits per heavy atom. The first-order chi connectivity index (χ1) is 9.38. The lowest BCUT2D eigenvalue weighted by atomic mass is 9.76. The predicted molar refractivity (Wildman–Crippen MR) is 65.4 cm³/mol. The molecular formula is C14H15F3O3. The van der Waals surface area contributed by atoms with Crippen LogP contribution < -0.4 is 4.74 Å². The van der Waals surface area contributed by atoms with Gasteiger partial charge in [0.05, 0.1) is 11.5 Å². The first-order valence-electron chi connectivity index (χ1n) is 6.41. The van der Waals surface area contributed by atoms with Gasteiger partial charge < -0.3 is 9.84 Å². The van der Waals surface area contributed by atoms with Crippen LogP contribution in [-0.2, 0) is 11.0 Å². The minimum Gasteiger partial charge on any atom is -0.493 e. The molecule has 1 N–H and O–H groups in total. The maximum absolute atomic E-state index is 12.4. The minimum absolute atomic E-state index is 0.00857. The van der Waals surface area contributed by atoms with Gasteiger partial charge in [0.25, 0.3) is 0 Å². The summed E-state index contributed by atoms with van der Waals surface area (Å²) in [6.07, 6.45) is -1.62. The van der Waals surface area contributed by atoms with Crippen molar-refractivity contribution < 1.29 is 27.8 Å². The highest BCUT2D eigenvalue weighted by atomic mass is 19.4. The zero-order chi connectivity index (χ0) is 14.8. The lowest BCUT2D eigenvalue weighted by molar-refractivity contribution is -0.146. The SMILES string of the molecule is O=C(O)C(COc1ccc(C(F)(F)F)cc1)C1CCC1. The van der Waals surface area contributed by atoms with Crippen LogP contribution in [0.4, 0.5) is 13.2 Å². The Balaban J connectivity index is 1.94. The number of hydrogen-bond acceptors (Lipinski definition) is 2. The zero-order valence-corrected chi connectivity index (χ0v) is 10.7. The number of halogens is 3. The van der Waals surface area contributed by atoms with Gasteiger partial charge in [0.15, 0.2) is 0 Å². The van der Waals surface area contributed by atoms with E-state index in [0.29, 0.717) is 0 Å². The van der Waals surface area contributed by atoms with Gasteiger partial charge in [-0.2, -0.15) is 13.2 Å². The fraction of sp³-hybridized carbons (Fsp3) is 0.500. The second kappa shape index (κ2) is 5.73. The zero-order valence-electron chi connectivity index (χ0n) is 10.7. The maximum atomic E-state index is 12.4. The van der Waals surface area contributed by atoms with E-state index in [1.54, 1.807) is 0 Å². The molecule has 6 heteroatoms. The molecule has 110 valence electrons. The molecule has 1 aliphatic carbocycles. The van der Waals surface area contributed by atoms with Crippen molar-refractivity contribution in [3.05, 3.63) is 29.8 Å². The summed E-state index contributed by atoms with van der Waals surface area (Å²) in [4.78, 5) is 11.1. The molecule has 20 heavy (non-hydrogen) atoms. The average molecular weight is 288 g/mol. The van der Waals surface area contributed by atoms with Gasteiger partial charge in [0, 0.05) is 0 Å². The monoisotopic (exact) mass is 288 g/mol. The molecule has 2 rings (SSSR count). The Hall–Kier alpha value is -1.72. The highest BCUT2D eigenvalue weighted by Crippen LogP contribution is 2.34. The molecule has 1 aromatic carbocycles. The van der Waals surface area contributed by atoms with Crippen molar-refractivity contribution in [2.24, 2.45) is 11.8 Å². The molecule has 0 aliphatic heterocycles. The van der Waals surface area contributed by atoms with Crippen LogP contribution in [0.25, 0.3) is 0 Å². The van der Waals surface area contributed by atoms with E-state index in [1.165, 1.54) is 12.1 Å². The summed E-state index contributed by atoms with van der Waals surface area (Å²) < 4.78 is 42.4. The van der Waals surface area contributed by atoms with Gasteiger partial charge in [-0.25, -0.2) is 0 Å². The average Bonchev–Trinajstić information content (AvgIpc) is 2.31. The fourth-order valence-electron chi connectivity index (χ4n) is 2.18. The van der Waals surface area contributed by atoms with Crippen molar-refractivity contribution in [2.45, 2.75) is 25.4 Å². The Kier molecular flexibility index (Phi) is 4.20. The van der Waals surface area contributed by atoms with Crippen LogP contribution in [0, 0.1) is 11.8 Å². The van der Waals surface area contributed by atoms with E-state index in [9.17, 15) is 18.0 Å². The van der Waals surface area contributed by atoms with Crippen molar-refractivity contribution in [3.8, 4) is 5.75 Å². The van der Waals surface area contributed by atoms with Crippen molar-refractivity contribution in [1.82, 2.24) is 0 Å². The number of alkyl halides is 3. The number of rotatable bonds is 5. The summed E-state index contributed by atoms with van der Waals surface area (Å²) in [6, 6.07) is 4.27. The lowest BCUT2D eigenvalue weighted by Gasteiger charge is -2.30. The Morgan fingerprint density at radius 3 is 2.30 bits per heavy atom. The van der Waals surface area contributed by atoms with Crippen LogP contribution in [-0.4, -0.2) is 17.7 Å². The van der Waals surface area contributed by atoms with Crippen molar-refractivity contribution in [1.29, 1.82) is 0 Å². The Bertz CT molecular complexity index is 464. The van der Waals surface area contributed by atoms with Crippen LogP contribution in [0.3, 0.4) is 0 Å². The van der Waals surface area contributed by atoms with E-state index in [1.807, 2.05) is 0 Å². The van der Waals surface area contributed by atoms with E-state index in [4.69, 9.17) is 9.84 Å². The molecule has 1 fully saturated rings. The van der Waals surface area contributed by atoms with Crippen molar-refractivity contribution >= 4 is 5.97 Å². The first kappa shape index (κ1) is 14.7. The third-order valence-corrected chi connectivity index (χ3v) is 3.65. The molecule has 0 spiro atoms. The molecule has 1 unspecified atom stereocenters. The van der Waals surface area contributed by atoms with Crippen LogP contribution in [0.2, 0.25) is 0 Å². The standard InChI is InChI=1S/C14H15F3O3/c15-14(16,17)10-4-6-11(7-5-10)20-8-12(13(18)19)9-2-1-3-9/h4-7,9,12H,1-3,8H2,(H,18,19). The normalized spacial score (nSPS) is 17.4. The third-order valence-electron chi connectivity index (χ3n) is 3.65. The van der Waals surface area contributed by atoms with E-state index in [-0.39, 0.29) is 18.3 Å². The molecule has 0 radical (unpaired) electrons. The summed E-state index contributed by atoms with van der Waals surface area (Å²) >= 11 is 0. The molecule has 1 atom stereocenters. The summed E-state index contributed by atoms with van der Waals surface area (Å²) in [6.45, 7) is -0.00857. The second-order valence-electron chi connectivity index (χ2n) is 4.97. The molecule has 0 amide bonds. The van der Waals surface area contributed by atoms with E-state index >= 15 is 0 Å². The summed E-state index contributed by atoms with van der Waals surface area (Å²) in [7, 11) is 0. The molecule has 3 nitrogen and oxygen atoms in total. The highest BCUT2D eigenvalue weighted by Gasteiger charge is 2.33. The highest BCUT2D eigenvalue weighted by molar-refractivity contribution is 5.70. The minimum atomic E-state index is -4.38. The summed E-state index contributed by atoms with van der Waals surface area (Å²) in [5.74, 6) is -1.14. The van der Waals surface area contributed by atoms with Crippen LogP contribution in [0.1, 0.15) is 24.8 Å². The number of aliphatic carboxylic acids is 1. The molecule has 0 saturated heterocycles. The largest absolute Gasteiger partial charge is 0.493 e. The van der Waals surface area contributed by atoms with Crippen LogP contribution in [0.5, 0.6) is 5.75 Å². The smallest absolute Gasteiger partial charge is 0.416 e. The van der Waals surface area contributed by atoms with Gasteiger partial charge in [-0.15, -0.1) is 0 Å². The van der Waals surface area contributed by atoms with Gasteiger partial charge in [0.1, 0.15) is 12.4 Å². The lowest BCUT2D eigenvalue weighted by Crippen LogP contribution is -2.33. The molecule has 1 saturated carbocycles. The van der Waals surface area contributed by atoms with Crippen LogP contribution in [0.15, 0.2) is 24.3 Å². The molecule has 0 bridgehead atoms. The van der Waals surface area contributed by atoms with E-state index in [2.05, 4.69) is 0 Å². The number of benzene rings is 1. The molecule has 1 aliphatic rings. The third kappa shape index (κ3) is 3.43. The number of carboxylic acid groups (broad SMARTS) is 1. The van der Waals surface area contributed by atoms with Crippen molar-refractivity contribution in [3.63, 3.8) is 0 Å². The number of carboxylic acids is 1. The number of hydrogen-bond donors (Lipinski definition) is 1. The molecule has 0 aromatic heterocycles. The van der Waals surface area contributed by atoms with Crippen molar-refractivity contribution in [2.75, 3.05) is 6.61 Å². The topological polar surface area (TPSA) is 46.5 Å². The van der Waals surface area contributed by atoms with Crippen LogP contribution >= 0.6 is 0 Å². The Labute approximate surface area is 114 Å². The maximum Gasteiger partial charge on any atom is 0.416 e. The molecular weight excluding hydrogens is 273 g/mol. The Morgan fingerprint density at radius 2 is 1.90 bits per heavy atom. The van der Waals surface area contributed by atoms with Gasteiger partial charge in [-0.1, -0.05) is 6.42 Å². The van der Waals surface area contributed by atoms with E-state index < -0.39 is 23.6 Å². The van der Waals surface area contributed by atoms with Gasteiger partial charge in [-0.05, 0) is 43.0 Å². The fourth-order valence-corrected chi connectivity index (χ4v) is 2.18. The van der Waals surface area contributed by atoms with Gasteiger partial charge in [0.2, 0.25) is 0 Å². The summed E-state index contributed by atoms with van der Waals surface area (Å²) in [5, 5.41) is 9.11. The van der Waals surface area contributed by atoms with E-state index in [0.717, 1.165) is 31.4 Å². The van der Waals surface area contributed by atoms with Gasteiger partial charge >= 0.3 is 12.1 Å². The second-order valence-corrected chi connectivity index (χ2v) is 4.97.